The van der Waals surface area contributed by atoms with Crippen molar-refractivity contribution in [3.8, 4) is 0 Å². The van der Waals surface area contributed by atoms with Crippen molar-refractivity contribution < 1.29 is 4.79 Å². The molecule has 0 atom stereocenters. The third kappa shape index (κ3) is 4.22. The van der Waals surface area contributed by atoms with E-state index in [0.717, 1.165) is 11.3 Å². The molecule has 3 rings (SSSR count). The Hall–Kier alpha value is -1.10. The van der Waals surface area contributed by atoms with E-state index in [1.807, 2.05) is 59.9 Å². The molecule has 1 amide bonds. The number of carbonyl (C=O) groups is 1. The van der Waals surface area contributed by atoms with Gasteiger partial charge in [0.25, 0.3) is 0 Å². The molecule has 22 heavy (non-hydrogen) atoms. The maximum Gasteiger partial charge on any atom is 0.228 e. The Morgan fingerprint density at radius 2 is 1.91 bits per heavy atom. The van der Waals surface area contributed by atoms with Gasteiger partial charge in [0.15, 0.2) is 0 Å². The number of hydrogen-bond acceptors (Lipinski definition) is 3. The smallest absolute Gasteiger partial charge is 0.228 e. The quantitative estimate of drug-likeness (QED) is 0.842. The summed E-state index contributed by atoms with van der Waals surface area (Å²) in [6, 6.07) is 15.5. The first-order valence-electron chi connectivity index (χ1n) is 7.08. The second-order valence-electron chi connectivity index (χ2n) is 5.05. The van der Waals surface area contributed by atoms with Crippen molar-refractivity contribution in [3.05, 3.63) is 64.7 Å². The normalized spacial score (nSPS) is 15.0. The average molecular weight is 350 g/mol. The zero-order valence-electron chi connectivity index (χ0n) is 11.9. The van der Waals surface area contributed by atoms with Gasteiger partial charge in [-0.25, -0.2) is 0 Å². The second kappa shape index (κ2) is 7.44. The highest BCUT2D eigenvalue weighted by atomic mass is 35.5. The predicted molar refractivity (Wildman–Crippen MR) is 97.9 cm³/mol. The van der Waals surface area contributed by atoms with Gasteiger partial charge in [-0.15, -0.1) is 23.5 Å². The minimum atomic E-state index is -0.0221. The highest BCUT2D eigenvalue weighted by Crippen LogP contribution is 2.45. The zero-order chi connectivity index (χ0) is 15.4. The van der Waals surface area contributed by atoms with Gasteiger partial charge in [-0.1, -0.05) is 35.9 Å². The van der Waals surface area contributed by atoms with E-state index in [9.17, 15) is 4.79 Å². The Kier molecular flexibility index (Phi) is 5.34. The first-order chi connectivity index (χ1) is 10.7. The van der Waals surface area contributed by atoms with E-state index in [4.69, 9.17) is 11.6 Å². The number of halogens is 1. The van der Waals surface area contributed by atoms with Crippen LogP contribution in [0.3, 0.4) is 0 Å². The molecule has 1 N–H and O–H groups in total. The minimum Gasteiger partial charge on any atom is -0.326 e. The number of anilines is 1. The first kappa shape index (κ1) is 15.8. The Balaban J connectivity index is 1.65. The molecule has 0 bridgehead atoms. The minimum absolute atomic E-state index is 0.0221. The van der Waals surface area contributed by atoms with Gasteiger partial charge in [0.05, 0.1) is 11.0 Å². The lowest BCUT2D eigenvalue weighted by Crippen LogP contribution is -2.14. The molecule has 1 saturated heterocycles. The molecule has 1 aliphatic rings. The molecular formula is C17H16ClNOS2. The molecule has 5 heteroatoms. The van der Waals surface area contributed by atoms with Crippen molar-refractivity contribution >= 4 is 46.7 Å². The topological polar surface area (TPSA) is 29.1 Å². The van der Waals surface area contributed by atoms with E-state index in [2.05, 4.69) is 17.4 Å². The Bertz CT molecular complexity index is 671. The van der Waals surface area contributed by atoms with Gasteiger partial charge in [-0.3, -0.25) is 4.79 Å². The van der Waals surface area contributed by atoms with Gasteiger partial charge in [0, 0.05) is 22.2 Å². The number of benzene rings is 2. The van der Waals surface area contributed by atoms with E-state index < -0.39 is 0 Å². The molecule has 0 unspecified atom stereocenters. The lowest BCUT2D eigenvalue weighted by Gasteiger charge is -2.11. The van der Waals surface area contributed by atoms with Crippen molar-refractivity contribution in [2.45, 2.75) is 11.0 Å². The van der Waals surface area contributed by atoms with Crippen molar-refractivity contribution in [1.29, 1.82) is 0 Å². The molecule has 114 valence electrons. The van der Waals surface area contributed by atoms with Gasteiger partial charge < -0.3 is 5.32 Å². The highest BCUT2D eigenvalue weighted by molar-refractivity contribution is 8.19. The lowest BCUT2D eigenvalue weighted by atomic mass is 10.1. The summed E-state index contributed by atoms with van der Waals surface area (Å²) in [5.74, 6) is 2.37. The monoisotopic (exact) mass is 349 g/mol. The Labute approximate surface area is 144 Å². The van der Waals surface area contributed by atoms with Crippen molar-refractivity contribution in [2.75, 3.05) is 16.8 Å². The molecule has 0 saturated carbocycles. The molecule has 1 fully saturated rings. The third-order valence-corrected chi connectivity index (χ3v) is 6.66. The second-order valence-corrected chi connectivity index (χ2v) is 8.21. The third-order valence-electron chi connectivity index (χ3n) is 3.32. The van der Waals surface area contributed by atoms with E-state index in [1.165, 1.54) is 17.1 Å². The van der Waals surface area contributed by atoms with Gasteiger partial charge in [-0.05, 0) is 35.4 Å². The van der Waals surface area contributed by atoms with Crippen LogP contribution in [-0.2, 0) is 11.2 Å². The summed E-state index contributed by atoms with van der Waals surface area (Å²) >= 11 is 9.87. The molecule has 1 heterocycles. The summed E-state index contributed by atoms with van der Waals surface area (Å²) in [5.41, 5.74) is 3.05. The van der Waals surface area contributed by atoms with Crippen LogP contribution in [0.4, 0.5) is 5.69 Å². The molecule has 2 nitrogen and oxygen atoms in total. The lowest BCUT2D eigenvalue weighted by molar-refractivity contribution is -0.115. The molecule has 0 aromatic heterocycles. The standard InChI is InChI=1S/C17H16ClNOS2/c18-14-5-1-3-12(9-14)10-16(20)19-15-6-2-4-13(11-15)17-21-7-8-22-17/h1-6,9,11,17H,7-8,10H2,(H,19,20). The zero-order valence-corrected chi connectivity index (χ0v) is 14.3. The molecule has 0 aliphatic carbocycles. The number of hydrogen-bond donors (Lipinski definition) is 1. The summed E-state index contributed by atoms with van der Waals surface area (Å²) in [6.07, 6.45) is 0.331. The van der Waals surface area contributed by atoms with Crippen LogP contribution in [0.15, 0.2) is 48.5 Å². The summed E-state index contributed by atoms with van der Waals surface area (Å²) < 4.78 is 0.491. The SMILES string of the molecule is O=C(Cc1cccc(Cl)c1)Nc1cccc(C2SCCS2)c1. The Morgan fingerprint density at radius 1 is 1.14 bits per heavy atom. The number of nitrogens with one attached hydrogen (secondary N) is 1. The fraction of sp³-hybridized carbons (Fsp3) is 0.235. The van der Waals surface area contributed by atoms with Crippen molar-refractivity contribution in [2.24, 2.45) is 0 Å². The average Bonchev–Trinajstić information content (AvgIpc) is 3.01. The summed E-state index contributed by atoms with van der Waals surface area (Å²) in [7, 11) is 0. The molecule has 2 aromatic carbocycles. The predicted octanol–water partition coefficient (Wildman–Crippen LogP) is 5.00. The van der Waals surface area contributed by atoms with E-state index in [0.29, 0.717) is 16.0 Å². The summed E-state index contributed by atoms with van der Waals surface area (Å²) in [4.78, 5) is 12.2. The number of carbonyl (C=O) groups excluding carboxylic acids is 1. The van der Waals surface area contributed by atoms with Gasteiger partial charge >= 0.3 is 0 Å². The maximum atomic E-state index is 12.2. The van der Waals surface area contributed by atoms with Gasteiger partial charge in [0.2, 0.25) is 5.91 Å². The largest absolute Gasteiger partial charge is 0.326 e. The number of rotatable bonds is 4. The molecule has 2 aromatic rings. The first-order valence-corrected chi connectivity index (χ1v) is 9.56. The number of thioether (sulfide) groups is 2. The van der Waals surface area contributed by atoms with Crippen LogP contribution in [0, 0.1) is 0 Å². The number of amides is 1. The van der Waals surface area contributed by atoms with Crippen molar-refractivity contribution in [1.82, 2.24) is 0 Å². The summed E-state index contributed by atoms with van der Waals surface area (Å²) in [6.45, 7) is 0. The van der Waals surface area contributed by atoms with Gasteiger partial charge in [-0.2, -0.15) is 0 Å². The van der Waals surface area contributed by atoms with Crippen LogP contribution in [0.5, 0.6) is 0 Å². The molecule has 0 spiro atoms. The molecule has 1 aliphatic heterocycles. The van der Waals surface area contributed by atoms with Crippen LogP contribution < -0.4 is 5.32 Å². The maximum absolute atomic E-state index is 12.2. The molecule has 0 radical (unpaired) electrons. The van der Waals surface area contributed by atoms with E-state index in [1.54, 1.807) is 0 Å². The van der Waals surface area contributed by atoms with Crippen LogP contribution in [0.1, 0.15) is 15.7 Å². The summed E-state index contributed by atoms with van der Waals surface area (Å²) in [5, 5.41) is 3.63. The molecular weight excluding hydrogens is 334 g/mol. The fourth-order valence-corrected chi connectivity index (χ4v) is 5.40. The highest BCUT2D eigenvalue weighted by Gasteiger charge is 2.18. The van der Waals surface area contributed by atoms with Crippen LogP contribution >= 0.6 is 35.1 Å². The van der Waals surface area contributed by atoms with Crippen LogP contribution in [-0.4, -0.2) is 17.4 Å². The van der Waals surface area contributed by atoms with Crippen LogP contribution in [0.25, 0.3) is 0 Å². The van der Waals surface area contributed by atoms with E-state index in [-0.39, 0.29) is 5.91 Å². The Morgan fingerprint density at radius 3 is 2.68 bits per heavy atom. The fourth-order valence-electron chi connectivity index (χ4n) is 2.35. The van der Waals surface area contributed by atoms with Gasteiger partial charge in [0.1, 0.15) is 0 Å². The van der Waals surface area contributed by atoms with Crippen molar-refractivity contribution in [3.63, 3.8) is 0 Å². The van der Waals surface area contributed by atoms with E-state index >= 15 is 0 Å². The van der Waals surface area contributed by atoms with Crippen LogP contribution in [0.2, 0.25) is 5.02 Å².